The molecule has 0 atom stereocenters. The fraction of sp³-hybridized carbons (Fsp3) is 0.571. The Morgan fingerprint density at radius 3 is 2.33 bits per heavy atom. The summed E-state index contributed by atoms with van der Waals surface area (Å²) >= 11 is 6.36. The highest BCUT2D eigenvalue weighted by Crippen LogP contribution is 2.41. The fourth-order valence-electron chi connectivity index (χ4n) is 2.15. The molecule has 1 aromatic rings. The molecular weight excluding hydrogens is 248 g/mol. The van der Waals surface area contributed by atoms with Gasteiger partial charge in [0.15, 0.2) is 0 Å². The van der Waals surface area contributed by atoms with Gasteiger partial charge in [0.1, 0.15) is 5.75 Å². The molecule has 3 N–H and O–H groups in total. The van der Waals surface area contributed by atoms with E-state index in [0.29, 0.717) is 0 Å². The number of nitrogens with one attached hydrogen (secondary N) is 1. The first-order valence-corrected chi connectivity index (χ1v) is 6.63. The predicted molar refractivity (Wildman–Crippen MR) is 76.9 cm³/mol. The highest BCUT2D eigenvalue weighted by molar-refractivity contribution is 6.32. The van der Waals surface area contributed by atoms with Crippen molar-refractivity contribution in [2.75, 3.05) is 19.0 Å². The Morgan fingerprint density at radius 2 is 1.83 bits per heavy atom. The summed E-state index contributed by atoms with van der Waals surface area (Å²) in [6.07, 6.45) is 2.17. The van der Waals surface area contributed by atoms with Crippen molar-refractivity contribution in [1.29, 1.82) is 0 Å². The minimum atomic E-state index is -0.0390. The van der Waals surface area contributed by atoms with E-state index in [-0.39, 0.29) is 5.54 Å². The van der Waals surface area contributed by atoms with E-state index in [1.807, 2.05) is 20.8 Å². The summed E-state index contributed by atoms with van der Waals surface area (Å²) in [4.78, 5) is 0. The molecule has 1 saturated carbocycles. The van der Waals surface area contributed by atoms with Crippen LogP contribution in [0.1, 0.15) is 29.5 Å². The lowest BCUT2D eigenvalue weighted by Gasteiger charge is -2.21. The minimum absolute atomic E-state index is 0.0390. The van der Waals surface area contributed by atoms with Crippen LogP contribution in [0.15, 0.2) is 0 Å². The van der Waals surface area contributed by atoms with Crippen molar-refractivity contribution >= 4 is 17.3 Å². The van der Waals surface area contributed by atoms with Gasteiger partial charge in [-0.2, -0.15) is 0 Å². The van der Waals surface area contributed by atoms with Gasteiger partial charge in [-0.05, 0) is 50.3 Å². The van der Waals surface area contributed by atoms with E-state index in [0.717, 1.165) is 52.5 Å². The number of anilines is 1. The highest BCUT2D eigenvalue weighted by Gasteiger charge is 2.38. The van der Waals surface area contributed by atoms with Crippen LogP contribution in [0.5, 0.6) is 5.75 Å². The monoisotopic (exact) mass is 268 g/mol. The van der Waals surface area contributed by atoms with Crippen molar-refractivity contribution < 1.29 is 4.74 Å². The molecule has 0 bridgehead atoms. The van der Waals surface area contributed by atoms with Gasteiger partial charge in [0.25, 0.3) is 0 Å². The smallest absolute Gasteiger partial charge is 0.145 e. The number of nitrogens with two attached hydrogens (primary N) is 1. The second-order valence-corrected chi connectivity index (χ2v) is 5.69. The molecule has 0 unspecified atom stereocenters. The summed E-state index contributed by atoms with van der Waals surface area (Å²) in [7, 11) is 1.69. The van der Waals surface area contributed by atoms with Crippen LogP contribution in [-0.2, 0) is 0 Å². The number of ether oxygens (including phenoxy) is 1. The van der Waals surface area contributed by atoms with Gasteiger partial charge >= 0.3 is 0 Å². The maximum atomic E-state index is 6.36. The molecule has 4 heteroatoms. The molecule has 0 aliphatic heterocycles. The van der Waals surface area contributed by atoms with E-state index in [4.69, 9.17) is 22.1 Å². The SMILES string of the molecule is COc1c(C)c(C)c(Cl)c(C)c1NCC1(N)CC1. The Morgan fingerprint density at radius 1 is 1.22 bits per heavy atom. The van der Waals surface area contributed by atoms with Crippen molar-refractivity contribution in [2.45, 2.75) is 39.2 Å². The van der Waals surface area contributed by atoms with Crippen molar-refractivity contribution in [1.82, 2.24) is 0 Å². The predicted octanol–water partition coefficient (Wildman–Crippen LogP) is 3.18. The molecule has 0 radical (unpaired) electrons. The molecule has 18 heavy (non-hydrogen) atoms. The average molecular weight is 269 g/mol. The summed E-state index contributed by atoms with van der Waals surface area (Å²) in [6.45, 7) is 6.82. The van der Waals surface area contributed by atoms with Gasteiger partial charge in [-0.3, -0.25) is 0 Å². The van der Waals surface area contributed by atoms with E-state index < -0.39 is 0 Å². The largest absolute Gasteiger partial charge is 0.494 e. The molecule has 0 aromatic heterocycles. The van der Waals surface area contributed by atoms with E-state index in [1.54, 1.807) is 7.11 Å². The van der Waals surface area contributed by atoms with Crippen LogP contribution in [0.25, 0.3) is 0 Å². The Hall–Kier alpha value is -0.930. The van der Waals surface area contributed by atoms with Gasteiger partial charge in [-0.25, -0.2) is 0 Å². The van der Waals surface area contributed by atoms with Crippen molar-refractivity contribution in [3.05, 3.63) is 21.7 Å². The minimum Gasteiger partial charge on any atom is -0.494 e. The summed E-state index contributed by atoms with van der Waals surface area (Å²) < 4.78 is 5.52. The maximum Gasteiger partial charge on any atom is 0.145 e. The number of rotatable bonds is 4. The third-order valence-electron chi connectivity index (χ3n) is 3.88. The molecule has 2 rings (SSSR count). The van der Waals surface area contributed by atoms with E-state index in [9.17, 15) is 0 Å². The van der Waals surface area contributed by atoms with E-state index >= 15 is 0 Å². The molecule has 100 valence electrons. The quantitative estimate of drug-likeness (QED) is 0.882. The third-order valence-corrected chi connectivity index (χ3v) is 4.44. The standard InChI is InChI=1S/C14H21ClN2O/c1-8-9(2)13(18-4)12(10(3)11(8)15)17-7-14(16)5-6-14/h17H,5-7,16H2,1-4H3. The Balaban J connectivity index is 2.37. The van der Waals surface area contributed by atoms with Crippen molar-refractivity contribution in [3.8, 4) is 5.75 Å². The summed E-state index contributed by atoms with van der Waals surface area (Å²) in [5, 5.41) is 4.21. The fourth-order valence-corrected chi connectivity index (χ4v) is 2.39. The van der Waals surface area contributed by atoms with Crippen LogP contribution in [0, 0.1) is 20.8 Å². The van der Waals surface area contributed by atoms with Crippen LogP contribution < -0.4 is 15.8 Å². The van der Waals surface area contributed by atoms with Gasteiger partial charge in [-0.15, -0.1) is 0 Å². The molecule has 3 nitrogen and oxygen atoms in total. The summed E-state index contributed by atoms with van der Waals surface area (Å²) in [5.74, 6) is 0.874. The zero-order valence-electron chi connectivity index (χ0n) is 11.5. The van der Waals surface area contributed by atoms with Crippen LogP contribution in [0.3, 0.4) is 0 Å². The lowest BCUT2D eigenvalue weighted by Crippen LogP contribution is -2.31. The zero-order chi connectivity index (χ0) is 13.5. The molecule has 0 amide bonds. The second kappa shape index (κ2) is 4.63. The third kappa shape index (κ3) is 2.29. The number of hydrogen-bond acceptors (Lipinski definition) is 3. The number of hydrogen-bond donors (Lipinski definition) is 2. The normalized spacial score (nSPS) is 16.6. The first-order valence-electron chi connectivity index (χ1n) is 6.25. The molecule has 1 aromatic carbocycles. The van der Waals surface area contributed by atoms with Crippen LogP contribution in [0.4, 0.5) is 5.69 Å². The van der Waals surface area contributed by atoms with Crippen LogP contribution in [0.2, 0.25) is 5.02 Å². The van der Waals surface area contributed by atoms with Crippen molar-refractivity contribution in [2.24, 2.45) is 5.73 Å². The second-order valence-electron chi connectivity index (χ2n) is 5.31. The molecule has 0 spiro atoms. The van der Waals surface area contributed by atoms with Gasteiger partial charge in [-0.1, -0.05) is 11.6 Å². The Labute approximate surface area is 114 Å². The first-order chi connectivity index (χ1) is 8.39. The van der Waals surface area contributed by atoms with Crippen LogP contribution in [-0.4, -0.2) is 19.2 Å². The summed E-state index contributed by atoms with van der Waals surface area (Å²) in [5.41, 5.74) is 10.2. The number of halogens is 1. The zero-order valence-corrected chi connectivity index (χ0v) is 12.2. The lowest BCUT2D eigenvalue weighted by atomic mass is 10.0. The Bertz CT molecular complexity index is 481. The van der Waals surface area contributed by atoms with Gasteiger partial charge in [0.2, 0.25) is 0 Å². The van der Waals surface area contributed by atoms with Crippen molar-refractivity contribution in [3.63, 3.8) is 0 Å². The van der Waals surface area contributed by atoms with E-state index in [2.05, 4.69) is 5.32 Å². The molecule has 1 fully saturated rings. The Kier molecular flexibility index (Phi) is 3.47. The van der Waals surface area contributed by atoms with Crippen LogP contribution >= 0.6 is 11.6 Å². The maximum absolute atomic E-state index is 6.36. The number of methoxy groups -OCH3 is 1. The van der Waals surface area contributed by atoms with Gasteiger partial charge in [0, 0.05) is 17.1 Å². The topological polar surface area (TPSA) is 47.3 Å². The molecule has 1 aliphatic carbocycles. The van der Waals surface area contributed by atoms with Gasteiger partial charge < -0.3 is 15.8 Å². The van der Waals surface area contributed by atoms with Gasteiger partial charge in [0.05, 0.1) is 12.8 Å². The van der Waals surface area contributed by atoms with E-state index in [1.165, 1.54) is 0 Å². The molecule has 0 heterocycles. The number of benzene rings is 1. The lowest BCUT2D eigenvalue weighted by molar-refractivity contribution is 0.412. The average Bonchev–Trinajstić information content (AvgIpc) is 3.08. The molecular formula is C14H21ClN2O. The summed E-state index contributed by atoms with van der Waals surface area (Å²) in [6, 6.07) is 0. The molecule has 0 saturated heterocycles. The first kappa shape index (κ1) is 13.5. The molecule has 1 aliphatic rings. The highest BCUT2D eigenvalue weighted by atomic mass is 35.5.